The van der Waals surface area contributed by atoms with Crippen LogP contribution in [0.5, 0.6) is 0 Å². The highest BCUT2D eigenvalue weighted by Crippen LogP contribution is 2.32. The Morgan fingerprint density at radius 3 is 2.37 bits per heavy atom. The summed E-state index contributed by atoms with van der Waals surface area (Å²) in [7, 11) is -3.06. The smallest absolute Gasteiger partial charge is 0.347 e. The molecule has 0 atom stereocenters. The van der Waals surface area contributed by atoms with Gasteiger partial charge in [0.2, 0.25) is 0 Å². The molecule has 0 spiro atoms. The number of ketones is 2. The highest BCUT2D eigenvalue weighted by molar-refractivity contribution is 7.91. The van der Waals surface area contributed by atoms with E-state index >= 15 is 0 Å². The van der Waals surface area contributed by atoms with Crippen molar-refractivity contribution in [2.45, 2.75) is 58.1 Å². The molecule has 0 aliphatic heterocycles. The van der Waals surface area contributed by atoms with E-state index in [1.807, 2.05) is 0 Å². The fourth-order valence-corrected chi connectivity index (χ4v) is 5.42. The zero-order valence-corrected chi connectivity index (χ0v) is 18.5. The molecule has 1 fully saturated rings. The highest BCUT2D eigenvalue weighted by Gasteiger charge is 2.30. The molecule has 162 valence electrons. The number of hydrogen-bond acceptors (Lipinski definition) is 6. The fraction of sp³-hybridized carbons (Fsp3) is 0.522. The Balaban J connectivity index is 1.65. The molecule has 2 aromatic rings. The van der Waals surface area contributed by atoms with E-state index in [2.05, 4.69) is 0 Å². The van der Waals surface area contributed by atoms with Gasteiger partial charge in [0, 0.05) is 17.7 Å². The first-order valence-corrected chi connectivity index (χ1v) is 12.1. The number of hydrogen-bond donors (Lipinski definition) is 0. The van der Waals surface area contributed by atoms with Crippen LogP contribution in [0.25, 0.3) is 11.0 Å². The third-order valence-corrected chi connectivity index (χ3v) is 8.42. The molecule has 1 aromatic heterocycles. The van der Waals surface area contributed by atoms with Gasteiger partial charge in [-0.1, -0.05) is 6.07 Å². The largest absolute Gasteiger partial charge is 0.422 e. The van der Waals surface area contributed by atoms with Crippen LogP contribution >= 0.6 is 0 Å². The van der Waals surface area contributed by atoms with E-state index in [1.54, 1.807) is 32.0 Å². The second-order valence-electron chi connectivity index (χ2n) is 8.61. The lowest BCUT2D eigenvalue weighted by molar-refractivity contribution is -0.123. The van der Waals surface area contributed by atoms with Crippen molar-refractivity contribution < 1.29 is 22.4 Å². The van der Waals surface area contributed by atoms with Gasteiger partial charge in [-0.3, -0.25) is 9.59 Å². The third-order valence-electron chi connectivity index (χ3n) is 6.04. The Hall–Kier alpha value is -2.28. The van der Waals surface area contributed by atoms with Crippen LogP contribution in [0.3, 0.4) is 0 Å². The highest BCUT2D eigenvalue weighted by atomic mass is 32.2. The van der Waals surface area contributed by atoms with E-state index in [0.717, 1.165) is 18.4 Å². The van der Waals surface area contributed by atoms with E-state index in [0.29, 0.717) is 23.8 Å². The molecule has 1 aliphatic rings. The summed E-state index contributed by atoms with van der Waals surface area (Å²) in [6, 6.07) is 6.70. The summed E-state index contributed by atoms with van der Waals surface area (Å²) in [5, 5.41) is 0.255. The van der Waals surface area contributed by atoms with Gasteiger partial charge in [0.25, 0.3) is 0 Å². The van der Waals surface area contributed by atoms with Crippen molar-refractivity contribution in [3.8, 4) is 0 Å². The van der Waals surface area contributed by atoms with Crippen molar-refractivity contribution in [2.75, 3.05) is 5.75 Å². The quantitative estimate of drug-likeness (QED) is 0.488. The van der Waals surface area contributed by atoms with Crippen molar-refractivity contribution >= 4 is 32.4 Å². The molecule has 0 amide bonds. The Morgan fingerprint density at radius 2 is 1.77 bits per heavy atom. The molecule has 30 heavy (non-hydrogen) atoms. The number of benzene rings is 1. The SMILES string of the molecule is CC(=O)c1cc2cc(CC(=O)C3CCC(CS(=O)(=O)C(C)C)CC3)ccc2oc1=O. The molecule has 3 rings (SSSR count). The van der Waals surface area contributed by atoms with Gasteiger partial charge in [-0.2, -0.15) is 0 Å². The van der Waals surface area contributed by atoms with Crippen LogP contribution in [0.2, 0.25) is 0 Å². The summed E-state index contributed by atoms with van der Waals surface area (Å²) in [4.78, 5) is 36.2. The number of rotatable bonds is 7. The summed E-state index contributed by atoms with van der Waals surface area (Å²) in [6.45, 7) is 4.73. The number of carbonyl (C=O) groups excluding carboxylic acids is 2. The minimum Gasteiger partial charge on any atom is -0.422 e. The van der Waals surface area contributed by atoms with Gasteiger partial charge in [-0.05, 0) is 76.1 Å². The molecule has 1 saturated carbocycles. The summed E-state index contributed by atoms with van der Waals surface area (Å²) in [5.74, 6) is 0.0715. The Bertz CT molecular complexity index is 1120. The van der Waals surface area contributed by atoms with Crippen LogP contribution in [0, 0.1) is 11.8 Å². The Labute approximate surface area is 176 Å². The molecule has 0 bridgehead atoms. The average Bonchev–Trinajstić information content (AvgIpc) is 2.67. The van der Waals surface area contributed by atoms with Gasteiger partial charge < -0.3 is 4.42 Å². The zero-order chi connectivity index (χ0) is 22.1. The predicted octanol–water partition coefficient (Wildman–Crippen LogP) is 3.74. The van der Waals surface area contributed by atoms with Gasteiger partial charge >= 0.3 is 5.63 Å². The first-order chi connectivity index (χ1) is 14.1. The van der Waals surface area contributed by atoms with E-state index in [4.69, 9.17) is 4.42 Å². The number of sulfone groups is 1. The van der Waals surface area contributed by atoms with Gasteiger partial charge in [-0.25, -0.2) is 13.2 Å². The minimum absolute atomic E-state index is 0.000601. The van der Waals surface area contributed by atoms with E-state index in [9.17, 15) is 22.8 Å². The van der Waals surface area contributed by atoms with Crippen LogP contribution in [-0.2, 0) is 21.1 Å². The molecule has 1 heterocycles. The lowest BCUT2D eigenvalue weighted by atomic mass is 9.79. The molecule has 0 radical (unpaired) electrons. The second kappa shape index (κ2) is 8.84. The zero-order valence-electron chi connectivity index (χ0n) is 17.6. The first kappa shape index (κ1) is 22.4. The normalized spacial score (nSPS) is 19.9. The van der Waals surface area contributed by atoms with Crippen molar-refractivity contribution in [3.63, 3.8) is 0 Å². The Kier molecular flexibility index (Phi) is 6.60. The van der Waals surface area contributed by atoms with Crippen LogP contribution in [-0.4, -0.2) is 31.0 Å². The minimum atomic E-state index is -3.06. The first-order valence-electron chi connectivity index (χ1n) is 10.4. The topological polar surface area (TPSA) is 98.5 Å². The third kappa shape index (κ3) is 5.06. The van der Waals surface area contributed by atoms with E-state index < -0.39 is 15.5 Å². The maximum Gasteiger partial charge on any atom is 0.347 e. The van der Waals surface area contributed by atoms with E-state index in [1.165, 1.54) is 13.0 Å². The molecular weight excluding hydrogens is 404 g/mol. The van der Waals surface area contributed by atoms with E-state index in [-0.39, 0.29) is 46.4 Å². The summed E-state index contributed by atoms with van der Waals surface area (Å²) >= 11 is 0. The lowest BCUT2D eigenvalue weighted by Gasteiger charge is -2.28. The van der Waals surface area contributed by atoms with Gasteiger partial charge in [-0.15, -0.1) is 0 Å². The number of Topliss-reactive ketones (excluding diaryl/α,β-unsaturated/α-hetero) is 2. The van der Waals surface area contributed by atoms with Gasteiger partial charge in [0.15, 0.2) is 15.6 Å². The van der Waals surface area contributed by atoms with Crippen LogP contribution in [0.1, 0.15) is 62.4 Å². The van der Waals surface area contributed by atoms with Crippen molar-refractivity contribution in [2.24, 2.45) is 11.8 Å². The maximum absolute atomic E-state index is 12.8. The monoisotopic (exact) mass is 432 g/mol. The van der Waals surface area contributed by atoms with Gasteiger partial charge in [0.1, 0.15) is 16.9 Å². The molecule has 0 N–H and O–H groups in total. The maximum atomic E-state index is 12.8. The lowest BCUT2D eigenvalue weighted by Crippen LogP contribution is -2.29. The van der Waals surface area contributed by atoms with Crippen molar-refractivity contribution in [1.29, 1.82) is 0 Å². The predicted molar refractivity (Wildman–Crippen MR) is 116 cm³/mol. The molecule has 6 nitrogen and oxygen atoms in total. The molecule has 1 aromatic carbocycles. The van der Waals surface area contributed by atoms with Crippen LogP contribution in [0.15, 0.2) is 33.5 Å². The number of fused-ring (bicyclic) bond motifs is 1. The van der Waals surface area contributed by atoms with Gasteiger partial charge in [0.05, 0.1) is 11.0 Å². The molecule has 0 saturated heterocycles. The summed E-state index contributed by atoms with van der Waals surface area (Å²) in [5.41, 5.74) is 0.532. The van der Waals surface area contributed by atoms with Crippen molar-refractivity contribution in [1.82, 2.24) is 0 Å². The standard InChI is InChI=1S/C23H28O6S/c1-14(2)30(27,28)13-16-4-7-18(8-5-16)21(25)11-17-6-9-22-19(10-17)12-20(15(3)24)23(26)29-22/h6,9-10,12,14,16,18H,4-5,7-8,11,13H2,1-3H3. The number of carbonyl (C=O) groups is 2. The molecular formula is C23H28O6S. The summed E-state index contributed by atoms with van der Waals surface area (Å²) in [6.07, 6.45) is 3.21. The fourth-order valence-electron chi connectivity index (χ4n) is 4.05. The second-order valence-corrected chi connectivity index (χ2v) is 11.2. The summed E-state index contributed by atoms with van der Waals surface area (Å²) < 4.78 is 29.5. The van der Waals surface area contributed by atoms with Crippen LogP contribution < -0.4 is 5.63 Å². The van der Waals surface area contributed by atoms with Crippen LogP contribution in [0.4, 0.5) is 0 Å². The average molecular weight is 433 g/mol. The molecule has 0 unspecified atom stereocenters. The Morgan fingerprint density at radius 1 is 1.10 bits per heavy atom. The van der Waals surface area contributed by atoms with Crippen molar-refractivity contribution in [3.05, 3.63) is 45.8 Å². The molecule has 1 aliphatic carbocycles. The molecule has 7 heteroatoms.